The molecular formula is C20H28ClNO. The van der Waals surface area contributed by atoms with Crippen molar-refractivity contribution in [2.75, 3.05) is 6.61 Å². The Hall–Kier alpha value is -1.51. The van der Waals surface area contributed by atoms with Gasteiger partial charge in [0.25, 0.3) is 0 Å². The summed E-state index contributed by atoms with van der Waals surface area (Å²) in [5.74, 6) is 0.934. The number of benzene rings is 2. The first-order valence-electron chi connectivity index (χ1n) is 8.01. The maximum Gasteiger partial charge on any atom is 0.119 e. The van der Waals surface area contributed by atoms with Gasteiger partial charge in [0.2, 0.25) is 0 Å². The van der Waals surface area contributed by atoms with Crippen LogP contribution in [0.2, 0.25) is 0 Å². The fourth-order valence-corrected chi connectivity index (χ4v) is 2.34. The maximum atomic E-state index is 5.45. The molecule has 0 atom stereocenters. The summed E-state index contributed by atoms with van der Waals surface area (Å²) in [6.45, 7) is 11.2. The summed E-state index contributed by atoms with van der Waals surface area (Å²) in [4.78, 5) is 0. The first-order chi connectivity index (χ1) is 10.5. The normalized spacial score (nSPS) is 11.0. The second-order valence-corrected chi connectivity index (χ2v) is 6.63. The van der Waals surface area contributed by atoms with Crippen LogP contribution in [-0.4, -0.2) is 6.61 Å². The monoisotopic (exact) mass is 333 g/mol. The highest BCUT2D eigenvalue weighted by molar-refractivity contribution is 5.85. The molecule has 0 saturated carbocycles. The van der Waals surface area contributed by atoms with Crippen LogP contribution < -0.4 is 10.1 Å². The molecule has 0 amide bonds. The molecule has 0 aliphatic heterocycles. The number of rotatable bonds is 6. The second-order valence-electron chi connectivity index (χ2n) is 6.63. The Morgan fingerprint density at radius 2 is 1.30 bits per heavy atom. The van der Waals surface area contributed by atoms with E-state index in [9.17, 15) is 0 Å². The van der Waals surface area contributed by atoms with Crippen LogP contribution in [0.1, 0.15) is 44.4 Å². The molecule has 3 heteroatoms. The number of nitrogens with one attached hydrogen (secondary N) is 1. The fraction of sp³-hybridized carbons (Fsp3) is 0.400. The zero-order chi connectivity index (χ0) is 16.0. The average molecular weight is 334 g/mol. The van der Waals surface area contributed by atoms with Gasteiger partial charge in [-0.2, -0.15) is 0 Å². The Balaban J connectivity index is 0.00000264. The Labute approximate surface area is 146 Å². The van der Waals surface area contributed by atoms with Crippen LogP contribution in [0.4, 0.5) is 0 Å². The molecule has 0 fully saturated rings. The molecule has 0 bridgehead atoms. The predicted molar refractivity (Wildman–Crippen MR) is 101 cm³/mol. The molecule has 0 heterocycles. The van der Waals surface area contributed by atoms with Crippen molar-refractivity contribution in [3.8, 4) is 5.75 Å². The van der Waals surface area contributed by atoms with Crippen molar-refractivity contribution >= 4 is 12.4 Å². The molecular weight excluding hydrogens is 306 g/mol. The summed E-state index contributed by atoms with van der Waals surface area (Å²) in [6.07, 6.45) is 0. The molecule has 23 heavy (non-hydrogen) atoms. The predicted octanol–water partition coefficient (Wildman–Crippen LogP) is 5.09. The Morgan fingerprint density at radius 1 is 0.826 bits per heavy atom. The van der Waals surface area contributed by atoms with E-state index in [1.807, 2.05) is 19.1 Å². The number of halogens is 1. The van der Waals surface area contributed by atoms with Gasteiger partial charge in [0.15, 0.2) is 0 Å². The van der Waals surface area contributed by atoms with Gasteiger partial charge in [-0.15, -0.1) is 12.4 Å². The summed E-state index contributed by atoms with van der Waals surface area (Å²) in [5, 5.41) is 3.49. The van der Waals surface area contributed by atoms with Crippen molar-refractivity contribution in [2.45, 2.75) is 46.2 Å². The fourth-order valence-electron chi connectivity index (χ4n) is 2.34. The van der Waals surface area contributed by atoms with Crippen LogP contribution in [0.25, 0.3) is 0 Å². The molecule has 0 unspecified atom stereocenters. The van der Waals surface area contributed by atoms with Crippen molar-refractivity contribution in [3.05, 3.63) is 65.2 Å². The van der Waals surface area contributed by atoms with Gasteiger partial charge in [0.1, 0.15) is 5.75 Å². The Morgan fingerprint density at radius 3 is 1.74 bits per heavy atom. The summed E-state index contributed by atoms with van der Waals surface area (Å²) in [6, 6.07) is 17.2. The lowest BCUT2D eigenvalue weighted by atomic mass is 9.87. The van der Waals surface area contributed by atoms with E-state index in [0.29, 0.717) is 6.61 Å². The van der Waals surface area contributed by atoms with Gasteiger partial charge in [-0.3, -0.25) is 0 Å². The Bertz CT molecular complexity index is 570. The topological polar surface area (TPSA) is 21.3 Å². The molecule has 0 spiro atoms. The molecule has 1 N–H and O–H groups in total. The van der Waals surface area contributed by atoms with Crippen LogP contribution in [0.3, 0.4) is 0 Å². The number of hydrogen-bond acceptors (Lipinski definition) is 2. The number of ether oxygens (including phenoxy) is 1. The van der Waals surface area contributed by atoms with E-state index in [2.05, 4.69) is 62.5 Å². The first-order valence-corrected chi connectivity index (χ1v) is 8.01. The minimum absolute atomic E-state index is 0. The van der Waals surface area contributed by atoms with Crippen molar-refractivity contribution in [2.24, 2.45) is 0 Å². The van der Waals surface area contributed by atoms with Crippen molar-refractivity contribution in [1.29, 1.82) is 0 Å². The van der Waals surface area contributed by atoms with E-state index in [0.717, 1.165) is 18.8 Å². The van der Waals surface area contributed by atoms with E-state index in [1.54, 1.807) is 0 Å². The highest BCUT2D eigenvalue weighted by Gasteiger charge is 2.12. The third-order valence-electron chi connectivity index (χ3n) is 3.71. The van der Waals surface area contributed by atoms with Crippen LogP contribution in [0.15, 0.2) is 48.5 Å². The molecule has 0 aliphatic carbocycles. The lowest BCUT2D eigenvalue weighted by Gasteiger charge is -2.19. The maximum absolute atomic E-state index is 5.45. The smallest absolute Gasteiger partial charge is 0.119 e. The SMILES string of the molecule is CCOc1ccc(CNCc2ccc(C(C)(C)C)cc2)cc1.Cl. The molecule has 2 nitrogen and oxygen atoms in total. The highest BCUT2D eigenvalue weighted by Crippen LogP contribution is 2.22. The zero-order valence-corrected chi connectivity index (χ0v) is 15.4. The van der Waals surface area contributed by atoms with E-state index < -0.39 is 0 Å². The summed E-state index contributed by atoms with van der Waals surface area (Å²) < 4.78 is 5.45. The molecule has 2 aromatic carbocycles. The van der Waals surface area contributed by atoms with Gasteiger partial charge in [-0.25, -0.2) is 0 Å². The van der Waals surface area contributed by atoms with Gasteiger partial charge >= 0.3 is 0 Å². The van der Waals surface area contributed by atoms with E-state index >= 15 is 0 Å². The van der Waals surface area contributed by atoms with E-state index in [1.165, 1.54) is 16.7 Å². The summed E-state index contributed by atoms with van der Waals surface area (Å²) in [7, 11) is 0. The van der Waals surface area contributed by atoms with Crippen LogP contribution in [0, 0.1) is 0 Å². The Kier molecular flexibility index (Phi) is 7.60. The summed E-state index contributed by atoms with van der Waals surface area (Å²) >= 11 is 0. The summed E-state index contributed by atoms with van der Waals surface area (Å²) in [5.41, 5.74) is 4.19. The highest BCUT2D eigenvalue weighted by atomic mass is 35.5. The number of hydrogen-bond donors (Lipinski definition) is 1. The van der Waals surface area contributed by atoms with Gasteiger partial charge in [-0.1, -0.05) is 57.2 Å². The molecule has 0 saturated heterocycles. The average Bonchev–Trinajstić information content (AvgIpc) is 2.49. The molecule has 2 rings (SSSR count). The second kappa shape index (κ2) is 8.95. The first kappa shape index (κ1) is 19.5. The molecule has 0 aliphatic rings. The lowest BCUT2D eigenvalue weighted by molar-refractivity contribution is 0.340. The third kappa shape index (κ3) is 6.25. The van der Waals surface area contributed by atoms with E-state index in [-0.39, 0.29) is 17.8 Å². The largest absolute Gasteiger partial charge is 0.494 e. The molecule has 0 radical (unpaired) electrons. The molecule has 0 aromatic heterocycles. The van der Waals surface area contributed by atoms with Gasteiger partial charge in [-0.05, 0) is 41.2 Å². The minimum atomic E-state index is 0. The van der Waals surface area contributed by atoms with Crippen LogP contribution in [0.5, 0.6) is 5.75 Å². The van der Waals surface area contributed by atoms with Crippen molar-refractivity contribution in [1.82, 2.24) is 5.32 Å². The van der Waals surface area contributed by atoms with E-state index in [4.69, 9.17) is 4.74 Å². The standard InChI is InChI=1S/C20H27NO.ClH/c1-5-22-19-12-8-17(9-13-19)15-21-14-16-6-10-18(11-7-16)20(2,3)4;/h6-13,21H,5,14-15H2,1-4H3;1H. The van der Waals surface area contributed by atoms with Crippen LogP contribution in [-0.2, 0) is 18.5 Å². The third-order valence-corrected chi connectivity index (χ3v) is 3.71. The van der Waals surface area contributed by atoms with Crippen molar-refractivity contribution in [3.63, 3.8) is 0 Å². The quantitative estimate of drug-likeness (QED) is 0.794. The molecule has 2 aromatic rings. The van der Waals surface area contributed by atoms with Crippen molar-refractivity contribution < 1.29 is 4.74 Å². The van der Waals surface area contributed by atoms with Crippen LogP contribution >= 0.6 is 12.4 Å². The zero-order valence-electron chi connectivity index (χ0n) is 14.6. The minimum Gasteiger partial charge on any atom is -0.494 e. The van der Waals surface area contributed by atoms with Gasteiger partial charge in [0.05, 0.1) is 6.61 Å². The lowest BCUT2D eigenvalue weighted by Crippen LogP contribution is -2.14. The molecule has 126 valence electrons. The van der Waals surface area contributed by atoms with Gasteiger partial charge < -0.3 is 10.1 Å². The van der Waals surface area contributed by atoms with Gasteiger partial charge in [0, 0.05) is 13.1 Å².